The van der Waals surface area contributed by atoms with Crippen molar-refractivity contribution in [2.45, 2.75) is 19.3 Å². The Morgan fingerprint density at radius 1 is 0.756 bits per heavy atom. The van der Waals surface area contributed by atoms with Crippen LogP contribution in [0.3, 0.4) is 0 Å². The Morgan fingerprint density at radius 2 is 1.34 bits per heavy atom. The molecule has 4 aromatic rings. The standard InChI is InChI=1S/C28H27NO10S2/c1-29(6-5-27(34)35)28(36)25-12-16-10-21(20(37-2)14-23(16)41-25)39-8-7-38-19-9-15-11-24(17(30)3-4-26(32)33)40-22(15)13-18(19)31/h9-14,31H,3-8H2,1-2H3,(H,32,33)(H,34,35). The molecule has 13 heteroatoms. The highest BCUT2D eigenvalue weighted by Crippen LogP contribution is 2.38. The molecule has 3 N–H and O–H groups in total. The van der Waals surface area contributed by atoms with Gasteiger partial charge < -0.3 is 34.4 Å². The minimum Gasteiger partial charge on any atom is -0.504 e. The van der Waals surface area contributed by atoms with Crippen LogP contribution in [0.1, 0.15) is 38.6 Å². The van der Waals surface area contributed by atoms with Crippen LogP contribution in [0.4, 0.5) is 0 Å². The van der Waals surface area contributed by atoms with E-state index in [2.05, 4.69) is 0 Å². The topological polar surface area (TPSA) is 160 Å². The molecule has 0 atom stereocenters. The molecule has 0 saturated heterocycles. The summed E-state index contributed by atoms with van der Waals surface area (Å²) in [4.78, 5) is 48.8. The number of amides is 1. The van der Waals surface area contributed by atoms with Crippen LogP contribution in [0.15, 0.2) is 36.4 Å². The Bertz CT molecular complexity index is 1620. The molecule has 0 aliphatic carbocycles. The zero-order valence-electron chi connectivity index (χ0n) is 22.2. The van der Waals surface area contributed by atoms with Crippen molar-refractivity contribution in [2.75, 3.05) is 33.9 Å². The summed E-state index contributed by atoms with van der Waals surface area (Å²) >= 11 is 2.44. The van der Waals surface area contributed by atoms with Crippen LogP contribution >= 0.6 is 22.7 Å². The lowest BCUT2D eigenvalue weighted by Gasteiger charge is -2.14. The van der Waals surface area contributed by atoms with E-state index < -0.39 is 11.9 Å². The van der Waals surface area contributed by atoms with E-state index in [9.17, 15) is 24.3 Å². The lowest BCUT2D eigenvalue weighted by atomic mass is 10.1. The first-order valence-electron chi connectivity index (χ1n) is 12.4. The van der Waals surface area contributed by atoms with E-state index in [1.165, 1.54) is 40.7 Å². The van der Waals surface area contributed by atoms with Crippen LogP contribution in [-0.2, 0) is 9.59 Å². The summed E-state index contributed by atoms with van der Waals surface area (Å²) in [7, 11) is 3.05. The van der Waals surface area contributed by atoms with E-state index in [4.69, 9.17) is 24.4 Å². The first-order valence-corrected chi connectivity index (χ1v) is 14.0. The van der Waals surface area contributed by atoms with Crippen LogP contribution in [0.5, 0.6) is 23.0 Å². The normalized spacial score (nSPS) is 11.0. The summed E-state index contributed by atoms with van der Waals surface area (Å²) in [5, 5.41) is 29.5. The number of fused-ring (bicyclic) bond motifs is 2. The second kappa shape index (κ2) is 12.9. The number of benzene rings is 2. The number of rotatable bonds is 14. The maximum atomic E-state index is 12.7. The SMILES string of the molecule is COc1cc2sc(C(=O)N(C)CCC(=O)O)cc2cc1OCCOc1cc2cc(C(=O)CCC(=O)O)sc2cc1O. The van der Waals surface area contributed by atoms with Gasteiger partial charge in [0.15, 0.2) is 28.8 Å². The lowest BCUT2D eigenvalue weighted by molar-refractivity contribution is -0.138. The third kappa shape index (κ3) is 7.24. The third-order valence-corrected chi connectivity index (χ3v) is 8.28. The number of aliphatic carboxylic acids is 2. The molecule has 0 bridgehead atoms. The summed E-state index contributed by atoms with van der Waals surface area (Å²) < 4.78 is 18.5. The first-order chi connectivity index (χ1) is 19.5. The number of ether oxygens (including phenoxy) is 3. The second-order valence-corrected chi connectivity index (χ2v) is 11.2. The summed E-state index contributed by atoms with van der Waals surface area (Å²) in [6, 6.07) is 9.98. The van der Waals surface area contributed by atoms with Gasteiger partial charge in [0.25, 0.3) is 5.91 Å². The van der Waals surface area contributed by atoms with Crippen molar-refractivity contribution in [1.29, 1.82) is 0 Å². The minimum absolute atomic E-state index is 0.0799. The van der Waals surface area contributed by atoms with Gasteiger partial charge >= 0.3 is 11.9 Å². The number of phenols is 1. The third-order valence-electron chi connectivity index (χ3n) is 6.06. The van der Waals surface area contributed by atoms with Crippen LogP contribution in [0, 0.1) is 0 Å². The molecule has 2 heterocycles. The molecule has 216 valence electrons. The number of nitrogens with zero attached hydrogens (tertiary/aromatic N) is 1. The van der Waals surface area contributed by atoms with Crippen molar-refractivity contribution in [1.82, 2.24) is 4.90 Å². The van der Waals surface area contributed by atoms with E-state index in [1.54, 1.807) is 37.4 Å². The number of Topliss-reactive ketones (excluding diaryl/α,β-unsaturated/α-hetero) is 1. The molecule has 0 aliphatic heterocycles. The van der Waals surface area contributed by atoms with Gasteiger partial charge in [-0.2, -0.15) is 0 Å². The van der Waals surface area contributed by atoms with Gasteiger partial charge in [0.1, 0.15) is 13.2 Å². The lowest BCUT2D eigenvalue weighted by Crippen LogP contribution is -2.28. The highest BCUT2D eigenvalue weighted by molar-refractivity contribution is 7.21. The van der Waals surface area contributed by atoms with E-state index in [0.29, 0.717) is 31.3 Å². The molecule has 2 aromatic heterocycles. The monoisotopic (exact) mass is 601 g/mol. The van der Waals surface area contributed by atoms with Gasteiger partial charge in [0.05, 0.1) is 29.7 Å². The maximum absolute atomic E-state index is 12.7. The van der Waals surface area contributed by atoms with Gasteiger partial charge in [-0.3, -0.25) is 19.2 Å². The van der Waals surface area contributed by atoms with Crippen molar-refractivity contribution in [2.24, 2.45) is 0 Å². The van der Waals surface area contributed by atoms with Gasteiger partial charge in [-0.25, -0.2) is 0 Å². The molecule has 11 nitrogen and oxygen atoms in total. The molecular formula is C28H27NO10S2. The Morgan fingerprint density at radius 3 is 2.00 bits per heavy atom. The smallest absolute Gasteiger partial charge is 0.305 e. The molecule has 0 unspecified atom stereocenters. The zero-order valence-corrected chi connectivity index (χ0v) is 23.8. The van der Waals surface area contributed by atoms with Crippen LogP contribution in [-0.4, -0.2) is 77.8 Å². The van der Waals surface area contributed by atoms with E-state index in [-0.39, 0.29) is 62.2 Å². The Kier molecular flexibility index (Phi) is 9.30. The van der Waals surface area contributed by atoms with Crippen LogP contribution < -0.4 is 14.2 Å². The Labute approximate surface area is 242 Å². The largest absolute Gasteiger partial charge is 0.504 e. The fraction of sp³-hybridized carbons (Fsp3) is 0.286. The zero-order chi connectivity index (χ0) is 29.7. The predicted octanol–water partition coefficient (Wildman–Crippen LogP) is 4.88. The second-order valence-electron chi connectivity index (χ2n) is 9.00. The molecule has 2 aromatic carbocycles. The number of ketones is 1. The number of aromatic hydroxyl groups is 1. The number of carbonyl (C=O) groups excluding carboxylic acids is 2. The summed E-state index contributed by atoms with van der Waals surface area (Å²) in [5.41, 5.74) is 0. The number of phenolic OH excluding ortho intramolecular Hbond substituents is 1. The van der Waals surface area contributed by atoms with Crippen molar-refractivity contribution < 1.29 is 48.7 Å². The number of carbonyl (C=O) groups is 4. The van der Waals surface area contributed by atoms with Crippen molar-refractivity contribution >= 4 is 66.5 Å². The van der Waals surface area contributed by atoms with Crippen LogP contribution in [0.2, 0.25) is 0 Å². The highest BCUT2D eigenvalue weighted by atomic mass is 32.1. The van der Waals surface area contributed by atoms with Gasteiger partial charge in [-0.05, 0) is 35.0 Å². The number of hydrogen-bond donors (Lipinski definition) is 3. The number of carboxylic acid groups (broad SMARTS) is 2. The predicted molar refractivity (Wildman–Crippen MR) is 153 cm³/mol. The molecule has 0 aliphatic rings. The van der Waals surface area contributed by atoms with Crippen molar-refractivity contribution in [3.8, 4) is 23.0 Å². The average molecular weight is 602 g/mol. The van der Waals surface area contributed by atoms with Gasteiger partial charge in [0.2, 0.25) is 0 Å². The Hall–Kier alpha value is -4.36. The van der Waals surface area contributed by atoms with Gasteiger partial charge in [-0.15, -0.1) is 22.7 Å². The van der Waals surface area contributed by atoms with Crippen LogP contribution in [0.25, 0.3) is 20.2 Å². The number of methoxy groups -OCH3 is 1. The average Bonchev–Trinajstić information content (AvgIpc) is 3.55. The maximum Gasteiger partial charge on any atom is 0.305 e. The van der Waals surface area contributed by atoms with Gasteiger partial charge in [0, 0.05) is 41.5 Å². The van der Waals surface area contributed by atoms with E-state index in [1.807, 2.05) is 0 Å². The van der Waals surface area contributed by atoms with E-state index >= 15 is 0 Å². The first kappa shape index (κ1) is 29.6. The quantitative estimate of drug-likeness (QED) is 0.134. The van der Waals surface area contributed by atoms with Crippen molar-refractivity contribution in [3.63, 3.8) is 0 Å². The number of thiophene rings is 2. The van der Waals surface area contributed by atoms with Gasteiger partial charge in [-0.1, -0.05) is 0 Å². The number of hydrogen-bond acceptors (Lipinski definition) is 10. The molecule has 41 heavy (non-hydrogen) atoms. The summed E-state index contributed by atoms with van der Waals surface area (Å²) in [5.74, 6) is -1.58. The molecule has 4 rings (SSSR count). The van der Waals surface area contributed by atoms with Crippen molar-refractivity contribution in [3.05, 3.63) is 46.2 Å². The number of carboxylic acids is 2. The molecule has 0 fully saturated rings. The molecule has 0 spiro atoms. The summed E-state index contributed by atoms with van der Waals surface area (Å²) in [6.45, 7) is 0.285. The Balaban J connectivity index is 1.40. The molecule has 0 radical (unpaired) electrons. The van der Waals surface area contributed by atoms with E-state index in [0.717, 1.165) is 10.1 Å². The molecule has 0 saturated carbocycles. The summed E-state index contributed by atoms with van der Waals surface area (Å²) in [6.07, 6.45) is -0.492. The minimum atomic E-state index is -1.04. The fourth-order valence-electron chi connectivity index (χ4n) is 3.93. The fourth-order valence-corrected chi connectivity index (χ4v) is 6.05. The highest BCUT2D eigenvalue weighted by Gasteiger charge is 2.18. The molecule has 1 amide bonds. The molecular weight excluding hydrogens is 574 g/mol.